The Morgan fingerprint density at radius 1 is 1.26 bits per heavy atom. The van der Waals surface area contributed by atoms with Gasteiger partial charge in [-0.15, -0.1) is 0 Å². The topological polar surface area (TPSA) is 104 Å². The summed E-state index contributed by atoms with van der Waals surface area (Å²) in [6.07, 6.45) is 0. The number of carbonyl (C=O) groups excluding carboxylic acids is 1. The van der Waals surface area contributed by atoms with Gasteiger partial charge in [-0.05, 0) is 31.2 Å². The molecule has 7 heteroatoms. The first-order valence-electron chi connectivity index (χ1n) is 7.03. The van der Waals surface area contributed by atoms with Gasteiger partial charge in [0.2, 0.25) is 0 Å². The molecule has 1 atom stereocenters. The van der Waals surface area contributed by atoms with Crippen LogP contribution in [-0.2, 0) is 0 Å². The van der Waals surface area contributed by atoms with Crippen LogP contribution < -0.4 is 10.6 Å². The number of carbonyl (C=O) groups is 1. The third kappa shape index (κ3) is 4.27. The zero-order chi connectivity index (χ0) is 16.8. The maximum Gasteiger partial charge on any atom is 0.293 e. The average Bonchev–Trinajstić information content (AvgIpc) is 2.55. The van der Waals surface area contributed by atoms with Crippen molar-refractivity contribution in [3.05, 3.63) is 64.2 Å². The van der Waals surface area contributed by atoms with Gasteiger partial charge in [-0.3, -0.25) is 14.9 Å². The number of aliphatic hydroxyl groups excluding tert-OH is 1. The lowest BCUT2D eigenvalue weighted by molar-refractivity contribution is -0.383. The second-order valence-corrected chi connectivity index (χ2v) is 5.04. The van der Waals surface area contributed by atoms with Gasteiger partial charge in [0.05, 0.1) is 11.5 Å². The van der Waals surface area contributed by atoms with Gasteiger partial charge in [0.25, 0.3) is 11.6 Å². The first-order valence-corrected chi connectivity index (χ1v) is 7.03. The van der Waals surface area contributed by atoms with E-state index in [0.717, 1.165) is 0 Å². The van der Waals surface area contributed by atoms with E-state index in [1.54, 1.807) is 19.1 Å². The molecule has 1 amide bonds. The first kappa shape index (κ1) is 16.4. The minimum absolute atomic E-state index is 0.163. The Balaban J connectivity index is 2.28. The number of nitro benzene ring substituents is 1. The fourth-order valence-corrected chi connectivity index (χ4v) is 1.96. The van der Waals surface area contributed by atoms with Crippen LogP contribution in [0.25, 0.3) is 0 Å². The number of nitrogens with zero attached hydrogens (tertiary/aromatic N) is 1. The molecular formula is C16H17N3O4. The predicted molar refractivity (Wildman–Crippen MR) is 86.8 cm³/mol. The third-order valence-corrected chi connectivity index (χ3v) is 3.16. The van der Waals surface area contributed by atoms with E-state index in [-0.39, 0.29) is 17.9 Å². The SMILES string of the molecule is CC(CO)NC(=O)c1ccc(Nc2ccccc2)c([N+](=O)[O-])c1. The summed E-state index contributed by atoms with van der Waals surface area (Å²) >= 11 is 0. The molecule has 0 aromatic heterocycles. The highest BCUT2D eigenvalue weighted by molar-refractivity contribution is 5.96. The zero-order valence-corrected chi connectivity index (χ0v) is 12.5. The van der Waals surface area contributed by atoms with Gasteiger partial charge in [0.15, 0.2) is 0 Å². The molecule has 0 bridgehead atoms. The number of nitrogens with one attached hydrogen (secondary N) is 2. The molecule has 7 nitrogen and oxygen atoms in total. The number of amides is 1. The zero-order valence-electron chi connectivity index (χ0n) is 12.5. The summed E-state index contributed by atoms with van der Waals surface area (Å²) in [4.78, 5) is 22.7. The van der Waals surface area contributed by atoms with Gasteiger partial charge in [0.1, 0.15) is 5.69 Å². The minimum Gasteiger partial charge on any atom is -0.394 e. The van der Waals surface area contributed by atoms with Gasteiger partial charge in [-0.25, -0.2) is 0 Å². The van der Waals surface area contributed by atoms with E-state index in [2.05, 4.69) is 10.6 Å². The Hall–Kier alpha value is -2.93. The Bertz CT molecular complexity index is 704. The van der Waals surface area contributed by atoms with Crippen molar-refractivity contribution >= 4 is 23.0 Å². The summed E-state index contributed by atoms with van der Waals surface area (Å²) in [6.45, 7) is 1.43. The molecule has 0 saturated heterocycles. The molecule has 2 aromatic rings. The Morgan fingerprint density at radius 3 is 2.57 bits per heavy atom. The Kier molecular flexibility index (Phi) is 5.27. The smallest absolute Gasteiger partial charge is 0.293 e. The van der Waals surface area contributed by atoms with Crippen molar-refractivity contribution in [1.82, 2.24) is 5.32 Å². The molecule has 0 aliphatic rings. The Labute approximate surface area is 133 Å². The summed E-state index contributed by atoms with van der Waals surface area (Å²) in [5.41, 5.74) is 0.975. The maximum absolute atomic E-state index is 12.0. The number of anilines is 2. The van der Waals surface area contributed by atoms with Crippen LogP contribution in [-0.4, -0.2) is 28.6 Å². The van der Waals surface area contributed by atoms with Gasteiger partial charge in [-0.1, -0.05) is 18.2 Å². The van der Waals surface area contributed by atoms with Crippen molar-refractivity contribution in [2.75, 3.05) is 11.9 Å². The van der Waals surface area contributed by atoms with Crippen LogP contribution in [0.2, 0.25) is 0 Å². The van der Waals surface area contributed by atoms with E-state index in [1.807, 2.05) is 18.2 Å². The minimum atomic E-state index is -0.544. The van der Waals surface area contributed by atoms with E-state index in [4.69, 9.17) is 5.11 Å². The fourth-order valence-electron chi connectivity index (χ4n) is 1.96. The molecule has 0 heterocycles. The number of hydrogen-bond donors (Lipinski definition) is 3. The quantitative estimate of drug-likeness (QED) is 0.561. The van der Waals surface area contributed by atoms with Crippen molar-refractivity contribution in [2.24, 2.45) is 0 Å². The van der Waals surface area contributed by atoms with Crippen molar-refractivity contribution in [1.29, 1.82) is 0 Å². The molecule has 0 saturated carbocycles. The number of benzene rings is 2. The lowest BCUT2D eigenvalue weighted by atomic mass is 10.1. The number of rotatable bonds is 6. The fraction of sp³-hybridized carbons (Fsp3) is 0.188. The van der Waals surface area contributed by atoms with E-state index in [1.165, 1.54) is 18.2 Å². The molecule has 23 heavy (non-hydrogen) atoms. The molecule has 0 radical (unpaired) electrons. The maximum atomic E-state index is 12.0. The third-order valence-electron chi connectivity index (χ3n) is 3.16. The molecule has 3 N–H and O–H groups in total. The molecule has 120 valence electrons. The number of aliphatic hydroxyl groups is 1. The summed E-state index contributed by atoms with van der Waals surface area (Å²) in [7, 11) is 0. The van der Waals surface area contributed by atoms with Gasteiger partial charge >= 0.3 is 0 Å². The lowest BCUT2D eigenvalue weighted by Gasteiger charge is -2.12. The van der Waals surface area contributed by atoms with Crippen molar-refractivity contribution < 1.29 is 14.8 Å². The number of hydrogen-bond acceptors (Lipinski definition) is 5. The average molecular weight is 315 g/mol. The monoisotopic (exact) mass is 315 g/mol. The van der Waals surface area contributed by atoms with Gasteiger partial charge in [-0.2, -0.15) is 0 Å². The molecule has 0 aliphatic heterocycles. The molecular weight excluding hydrogens is 298 g/mol. The van der Waals surface area contributed by atoms with Gasteiger partial charge < -0.3 is 15.7 Å². The molecule has 2 rings (SSSR count). The standard InChI is InChI=1S/C16H17N3O4/c1-11(10-20)17-16(21)12-7-8-14(15(9-12)19(22)23)18-13-5-3-2-4-6-13/h2-9,11,18,20H,10H2,1H3,(H,17,21). The number of para-hydroxylation sites is 1. The van der Waals surface area contributed by atoms with Crippen LogP contribution in [0.5, 0.6) is 0 Å². The second-order valence-electron chi connectivity index (χ2n) is 5.04. The second kappa shape index (κ2) is 7.37. The molecule has 2 aromatic carbocycles. The highest BCUT2D eigenvalue weighted by Gasteiger charge is 2.18. The van der Waals surface area contributed by atoms with Crippen LogP contribution in [0.1, 0.15) is 17.3 Å². The van der Waals surface area contributed by atoms with E-state index in [9.17, 15) is 14.9 Å². The molecule has 1 unspecified atom stereocenters. The predicted octanol–water partition coefficient (Wildman–Crippen LogP) is 2.45. The van der Waals surface area contributed by atoms with E-state index in [0.29, 0.717) is 11.4 Å². The van der Waals surface area contributed by atoms with Crippen LogP contribution >= 0.6 is 0 Å². The van der Waals surface area contributed by atoms with Crippen LogP contribution in [0.15, 0.2) is 48.5 Å². The molecule has 0 aliphatic carbocycles. The highest BCUT2D eigenvalue weighted by Crippen LogP contribution is 2.28. The normalized spacial score (nSPS) is 11.6. The summed E-state index contributed by atoms with van der Waals surface area (Å²) in [5, 5.41) is 25.7. The van der Waals surface area contributed by atoms with Gasteiger partial charge in [0, 0.05) is 23.4 Å². The van der Waals surface area contributed by atoms with Crippen LogP contribution in [0.3, 0.4) is 0 Å². The summed E-state index contributed by atoms with van der Waals surface area (Å²) in [5.74, 6) is -0.471. The Morgan fingerprint density at radius 2 is 1.96 bits per heavy atom. The van der Waals surface area contributed by atoms with Crippen molar-refractivity contribution in [3.63, 3.8) is 0 Å². The first-order chi connectivity index (χ1) is 11.0. The molecule has 0 fully saturated rings. The van der Waals surface area contributed by atoms with E-state index < -0.39 is 16.9 Å². The summed E-state index contributed by atoms with van der Waals surface area (Å²) < 4.78 is 0. The van der Waals surface area contributed by atoms with Crippen LogP contribution in [0, 0.1) is 10.1 Å². The van der Waals surface area contributed by atoms with Crippen LogP contribution in [0.4, 0.5) is 17.1 Å². The number of nitro groups is 1. The van der Waals surface area contributed by atoms with Crippen molar-refractivity contribution in [2.45, 2.75) is 13.0 Å². The van der Waals surface area contributed by atoms with E-state index >= 15 is 0 Å². The molecule has 0 spiro atoms. The van der Waals surface area contributed by atoms with Crippen molar-refractivity contribution in [3.8, 4) is 0 Å². The largest absolute Gasteiger partial charge is 0.394 e. The highest BCUT2D eigenvalue weighted by atomic mass is 16.6. The summed E-state index contributed by atoms with van der Waals surface area (Å²) in [6, 6.07) is 12.8. The lowest BCUT2D eigenvalue weighted by Crippen LogP contribution is -2.35.